The summed E-state index contributed by atoms with van der Waals surface area (Å²) in [6, 6.07) is 16.1. The smallest absolute Gasteiger partial charge is 0.253 e. The summed E-state index contributed by atoms with van der Waals surface area (Å²) in [6.07, 6.45) is 7.52. The maximum Gasteiger partial charge on any atom is 0.253 e. The molecule has 0 saturated carbocycles. The van der Waals surface area contributed by atoms with Crippen LogP contribution in [0.3, 0.4) is 0 Å². The number of carbonyl (C=O) groups is 1. The van der Waals surface area contributed by atoms with Gasteiger partial charge in [0.15, 0.2) is 0 Å². The lowest BCUT2D eigenvalue weighted by Crippen LogP contribution is -2.37. The molecule has 3 aromatic rings. The van der Waals surface area contributed by atoms with E-state index >= 15 is 0 Å². The van der Waals surface area contributed by atoms with Crippen LogP contribution in [0.4, 0.5) is 0 Å². The summed E-state index contributed by atoms with van der Waals surface area (Å²) in [5, 5.41) is 0. The summed E-state index contributed by atoms with van der Waals surface area (Å²) in [6.45, 7) is 3.59. The number of benzene rings is 1. The van der Waals surface area contributed by atoms with Gasteiger partial charge in [-0.3, -0.25) is 14.8 Å². The number of aromatic nitrogens is 2. The Bertz CT molecular complexity index is 914. The third-order valence-corrected chi connectivity index (χ3v) is 5.32. The Kier molecular flexibility index (Phi) is 4.97. The van der Waals surface area contributed by atoms with Crippen LogP contribution in [0.5, 0.6) is 0 Å². The van der Waals surface area contributed by atoms with E-state index in [0.29, 0.717) is 5.92 Å². The standard InChI is InChI=1S/C23H23N3O/c1-17-16-22(8-13-25-17)18-2-4-21(5-3-18)23(27)26-14-9-20(10-15-26)19-6-11-24-12-7-19/h2-8,11-13,16,20H,9-10,14-15H2,1H3. The van der Waals surface area contributed by atoms with Gasteiger partial charge in [-0.2, -0.15) is 0 Å². The highest BCUT2D eigenvalue weighted by Gasteiger charge is 2.24. The molecular formula is C23H23N3O. The number of piperidine rings is 1. The molecule has 1 fully saturated rings. The van der Waals surface area contributed by atoms with Crippen molar-refractivity contribution < 1.29 is 4.79 Å². The van der Waals surface area contributed by atoms with Gasteiger partial charge in [-0.1, -0.05) is 12.1 Å². The third-order valence-electron chi connectivity index (χ3n) is 5.32. The number of nitrogens with zero attached hydrogens (tertiary/aromatic N) is 3. The zero-order valence-electron chi connectivity index (χ0n) is 15.5. The van der Waals surface area contributed by atoms with E-state index in [9.17, 15) is 4.79 Å². The highest BCUT2D eigenvalue weighted by molar-refractivity contribution is 5.94. The average Bonchev–Trinajstić information content (AvgIpc) is 2.74. The number of aryl methyl sites for hydroxylation is 1. The van der Waals surface area contributed by atoms with Crippen LogP contribution < -0.4 is 0 Å². The molecule has 0 atom stereocenters. The van der Waals surface area contributed by atoms with E-state index in [2.05, 4.69) is 28.2 Å². The number of hydrogen-bond donors (Lipinski definition) is 0. The van der Waals surface area contributed by atoms with Crippen LogP contribution in [-0.2, 0) is 0 Å². The van der Waals surface area contributed by atoms with Crippen molar-refractivity contribution in [1.82, 2.24) is 14.9 Å². The molecule has 0 bridgehead atoms. The molecule has 3 heterocycles. The largest absolute Gasteiger partial charge is 0.339 e. The molecule has 1 aliphatic heterocycles. The molecule has 136 valence electrons. The summed E-state index contributed by atoms with van der Waals surface area (Å²) in [5.74, 6) is 0.648. The van der Waals surface area contributed by atoms with E-state index in [1.807, 2.05) is 60.7 Å². The predicted octanol–water partition coefficient (Wildman–Crippen LogP) is 4.47. The molecule has 1 aromatic carbocycles. The maximum absolute atomic E-state index is 12.9. The molecular weight excluding hydrogens is 334 g/mol. The Morgan fingerprint density at radius 1 is 0.926 bits per heavy atom. The van der Waals surface area contributed by atoms with E-state index in [0.717, 1.165) is 48.3 Å². The lowest BCUT2D eigenvalue weighted by atomic mass is 9.90. The van der Waals surface area contributed by atoms with Crippen LogP contribution >= 0.6 is 0 Å². The minimum Gasteiger partial charge on any atom is -0.339 e. The van der Waals surface area contributed by atoms with Gasteiger partial charge < -0.3 is 4.90 Å². The van der Waals surface area contributed by atoms with Crippen molar-refractivity contribution in [2.45, 2.75) is 25.7 Å². The van der Waals surface area contributed by atoms with E-state index in [-0.39, 0.29) is 5.91 Å². The second-order valence-electron chi connectivity index (χ2n) is 7.11. The van der Waals surface area contributed by atoms with Gasteiger partial charge in [-0.05, 0) is 78.8 Å². The summed E-state index contributed by atoms with van der Waals surface area (Å²) in [5.41, 5.74) is 5.30. The Morgan fingerprint density at radius 3 is 2.30 bits per heavy atom. The fourth-order valence-corrected chi connectivity index (χ4v) is 3.76. The third kappa shape index (κ3) is 3.90. The molecule has 0 aliphatic carbocycles. The summed E-state index contributed by atoms with van der Waals surface area (Å²) >= 11 is 0. The van der Waals surface area contributed by atoms with Crippen LogP contribution in [0.2, 0.25) is 0 Å². The molecule has 1 aliphatic rings. The molecule has 0 N–H and O–H groups in total. The van der Waals surface area contributed by atoms with Crippen molar-refractivity contribution in [3.05, 3.63) is 83.9 Å². The lowest BCUT2D eigenvalue weighted by molar-refractivity contribution is 0.0713. The van der Waals surface area contributed by atoms with Gasteiger partial charge in [-0.15, -0.1) is 0 Å². The lowest BCUT2D eigenvalue weighted by Gasteiger charge is -2.32. The van der Waals surface area contributed by atoms with E-state index in [1.54, 1.807) is 0 Å². The molecule has 2 aromatic heterocycles. The number of rotatable bonds is 3. The highest BCUT2D eigenvalue weighted by atomic mass is 16.2. The highest BCUT2D eigenvalue weighted by Crippen LogP contribution is 2.28. The molecule has 4 nitrogen and oxygen atoms in total. The molecule has 1 saturated heterocycles. The zero-order valence-corrected chi connectivity index (χ0v) is 15.5. The zero-order chi connectivity index (χ0) is 18.6. The second kappa shape index (κ2) is 7.70. The molecule has 0 unspecified atom stereocenters. The molecule has 0 radical (unpaired) electrons. The van der Waals surface area contributed by atoms with E-state index in [4.69, 9.17) is 0 Å². The topological polar surface area (TPSA) is 46.1 Å². The van der Waals surface area contributed by atoms with Gasteiger partial charge in [0.05, 0.1) is 0 Å². The Morgan fingerprint density at radius 2 is 1.63 bits per heavy atom. The van der Waals surface area contributed by atoms with Gasteiger partial charge in [0.2, 0.25) is 0 Å². The van der Waals surface area contributed by atoms with Crippen LogP contribution in [0, 0.1) is 6.92 Å². The van der Waals surface area contributed by atoms with Gasteiger partial charge in [0, 0.05) is 42.9 Å². The molecule has 4 heteroatoms. The summed E-state index contributed by atoms with van der Waals surface area (Å²) < 4.78 is 0. The maximum atomic E-state index is 12.9. The fourth-order valence-electron chi connectivity index (χ4n) is 3.76. The molecule has 27 heavy (non-hydrogen) atoms. The Hall–Kier alpha value is -3.01. The number of carbonyl (C=O) groups excluding carboxylic acids is 1. The van der Waals surface area contributed by atoms with E-state index in [1.165, 1.54) is 5.56 Å². The minimum atomic E-state index is 0.126. The predicted molar refractivity (Wildman–Crippen MR) is 107 cm³/mol. The van der Waals surface area contributed by atoms with Crippen LogP contribution in [0.1, 0.15) is 40.4 Å². The SMILES string of the molecule is Cc1cc(-c2ccc(C(=O)N3CCC(c4ccncc4)CC3)cc2)ccn1. The van der Waals surface area contributed by atoms with Gasteiger partial charge >= 0.3 is 0 Å². The van der Waals surface area contributed by atoms with Gasteiger partial charge in [0.25, 0.3) is 5.91 Å². The Labute approximate surface area is 159 Å². The van der Waals surface area contributed by atoms with Crippen molar-refractivity contribution in [2.75, 3.05) is 13.1 Å². The summed E-state index contributed by atoms with van der Waals surface area (Å²) in [7, 11) is 0. The number of pyridine rings is 2. The van der Waals surface area contributed by atoms with Crippen molar-refractivity contribution in [1.29, 1.82) is 0 Å². The molecule has 1 amide bonds. The van der Waals surface area contributed by atoms with Crippen LogP contribution in [0.15, 0.2) is 67.1 Å². The van der Waals surface area contributed by atoms with Crippen molar-refractivity contribution >= 4 is 5.91 Å². The quantitative estimate of drug-likeness (QED) is 0.695. The van der Waals surface area contributed by atoms with Crippen molar-refractivity contribution in [2.24, 2.45) is 0 Å². The number of likely N-dealkylation sites (tertiary alicyclic amines) is 1. The number of amides is 1. The van der Waals surface area contributed by atoms with Gasteiger partial charge in [-0.25, -0.2) is 0 Å². The van der Waals surface area contributed by atoms with Crippen molar-refractivity contribution in [3.63, 3.8) is 0 Å². The van der Waals surface area contributed by atoms with Crippen LogP contribution in [0.25, 0.3) is 11.1 Å². The molecule has 4 rings (SSSR count). The fraction of sp³-hybridized carbons (Fsp3) is 0.261. The van der Waals surface area contributed by atoms with E-state index < -0.39 is 0 Å². The van der Waals surface area contributed by atoms with Crippen molar-refractivity contribution in [3.8, 4) is 11.1 Å². The average molecular weight is 357 g/mol. The first-order valence-electron chi connectivity index (χ1n) is 9.43. The molecule has 0 spiro atoms. The van der Waals surface area contributed by atoms with Gasteiger partial charge in [0.1, 0.15) is 0 Å². The normalized spacial score (nSPS) is 14.9. The van der Waals surface area contributed by atoms with Crippen LogP contribution in [-0.4, -0.2) is 33.9 Å². The minimum absolute atomic E-state index is 0.126. The first-order valence-corrected chi connectivity index (χ1v) is 9.43. The first kappa shape index (κ1) is 17.4. The summed E-state index contributed by atoms with van der Waals surface area (Å²) in [4.78, 5) is 23.2. The number of hydrogen-bond acceptors (Lipinski definition) is 3. The first-order chi connectivity index (χ1) is 13.2. The monoisotopic (exact) mass is 357 g/mol. The Balaban J connectivity index is 1.41. The second-order valence-corrected chi connectivity index (χ2v) is 7.11.